The van der Waals surface area contributed by atoms with E-state index in [1.165, 1.54) is 24.7 Å². The lowest BCUT2D eigenvalue weighted by Gasteiger charge is -2.31. The number of amides is 1. The summed E-state index contributed by atoms with van der Waals surface area (Å²) < 4.78 is 13.1. The molecule has 0 radical (unpaired) electrons. The van der Waals surface area contributed by atoms with Crippen molar-refractivity contribution in [2.45, 2.75) is 38.8 Å². The van der Waals surface area contributed by atoms with E-state index in [1.807, 2.05) is 9.58 Å². The Hall–Kier alpha value is -2.08. The number of hydrogen-bond acceptors (Lipinski definition) is 4. The van der Waals surface area contributed by atoms with Crippen LogP contribution in [0.1, 0.15) is 47.5 Å². The molecule has 4 rings (SSSR count). The molecule has 24 heavy (non-hydrogen) atoms. The Labute approximate surface area is 141 Å². The second-order valence-corrected chi connectivity index (χ2v) is 6.73. The number of rotatable bonds is 6. The summed E-state index contributed by atoms with van der Waals surface area (Å²) in [7, 11) is 0. The van der Waals surface area contributed by atoms with Crippen molar-refractivity contribution in [1.82, 2.24) is 14.7 Å². The van der Waals surface area contributed by atoms with Crippen LogP contribution in [0, 0.1) is 5.92 Å². The Kier molecular flexibility index (Phi) is 4.14. The number of hydrogen-bond donors (Lipinski definition) is 0. The number of carbonyl (C=O) groups excluding carboxylic acids is 1. The first-order chi connectivity index (χ1) is 11.7. The van der Waals surface area contributed by atoms with Gasteiger partial charge in [0.2, 0.25) is 0 Å². The highest BCUT2D eigenvalue weighted by Gasteiger charge is 2.32. The largest absolute Gasteiger partial charge is 0.459 e. The first-order valence-corrected chi connectivity index (χ1v) is 8.71. The molecule has 0 saturated heterocycles. The fraction of sp³-hybridized carbons (Fsp3) is 0.556. The Morgan fingerprint density at radius 3 is 3.00 bits per heavy atom. The topological polar surface area (TPSA) is 60.5 Å². The molecule has 3 heterocycles. The number of ether oxygens (including phenoxy) is 1. The van der Waals surface area contributed by atoms with Crippen molar-refractivity contribution in [2.24, 2.45) is 5.92 Å². The van der Waals surface area contributed by atoms with E-state index in [0.717, 1.165) is 24.8 Å². The summed E-state index contributed by atoms with van der Waals surface area (Å²) in [6, 6.07) is 3.45. The van der Waals surface area contributed by atoms with Gasteiger partial charge in [-0.25, -0.2) is 0 Å². The molecule has 0 aromatic carbocycles. The van der Waals surface area contributed by atoms with Gasteiger partial charge in [-0.2, -0.15) is 5.10 Å². The number of aryl methyl sites for hydroxylation is 1. The third-order valence-electron chi connectivity index (χ3n) is 4.80. The maximum atomic E-state index is 12.6. The normalized spacial score (nSPS) is 20.2. The van der Waals surface area contributed by atoms with Crippen molar-refractivity contribution in [2.75, 3.05) is 19.8 Å². The van der Waals surface area contributed by atoms with E-state index >= 15 is 0 Å². The van der Waals surface area contributed by atoms with Gasteiger partial charge in [-0.05, 0) is 37.8 Å². The van der Waals surface area contributed by atoms with Crippen LogP contribution in [0.25, 0.3) is 0 Å². The number of fused-ring (bicyclic) bond motifs is 1. The minimum atomic E-state index is -0.0797. The highest BCUT2D eigenvalue weighted by Crippen LogP contribution is 2.32. The Bertz CT molecular complexity index is 703. The molecule has 1 atom stereocenters. The summed E-state index contributed by atoms with van der Waals surface area (Å²) in [5.74, 6) is 1.22. The molecular weight excluding hydrogens is 306 g/mol. The summed E-state index contributed by atoms with van der Waals surface area (Å²) >= 11 is 0. The van der Waals surface area contributed by atoms with Gasteiger partial charge in [0.1, 0.15) is 0 Å². The summed E-state index contributed by atoms with van der Waals surface area (Å²) in [6.07, 6.45) is 6.21. The fourth-order valence-electron chi connectivity index (χ4n) is 3.23. The van der Waals surface area contributed by atoms with Crippen LogP contribution in [0.5, 0.6) is 0 Å². The molecule has 1 aliphatic heterocycles. The lowest BCUT2D eigenvalue weighted by atomic mass is 9.95. The van der Waals surface area contributed by atoms with E-state index in [4.69, 9.17) is 9.15 Å². The second-order valence-electron chi connectivity index (χ2n) is 6.73. The van der Waals surface area contributed by atoms with Crippen molar-refractivity contribution in [3.63, 3.8) is 0 Å². The highest BCUT2D eigenvalue weighted by molar-refractivity contribution is 5.91. The fourth-order valence-corrected chi connectivity index (χ4v) is 3.23. The molecule has 0 bridgehead atoms. The highest BCUT2D eigenvalue weighted by atomic mass is 16.5. The molecule has 6 nitrogen and oxygen atoms in total. The zero-order valence-electron chi connectivity index (χ0n) is 14.0. The van der Waals surface area contributed by atoms with Gasteiger partial charge < -0.3 is 14.1 Å². The number of aromatic nitrogens is 2. The van der Waals surface area contributed by atoms with E-state index < -0.39 is 0 Å². The van der Waals surface area contributed by atoms with E-state index in [1.54, 1.807) is 12.1 Å². The van der Waals surface area contributed by atoms with Crippen molar-refractivity contribution in [1.29, 1.82) is 0 Å². The lowest BCUT2D eigenvalue weighted by Crippen LogP contribution is -2.39. The van der Waals surface area contributed by atoms with Gasteiger partial charge in [0.25, 0.3) is 5.91 Å². The third-order valence-corrected chi connectivity index (χ3v) is 4.80. The molecule has 0 N–H and O–H groups in total. The van der Waals surface area contributed by atoms with E-state index in [-0.39, 0.29) is 11.8 Å². The van der Waals surface area contributed by atoms with Crippen LogP contribution in [0.3, 0.4) is 0 Å². The van der Waals surface area contributed by atoms with Gasteiger partial charge in [0.05, 0.1) is 25.1 Å². The molecule has 1 saturated carbocycles. The minimum absolute atomic E-state index is 0.0797. The molecule has 2 aromatic rings. The van der Waals surface area contributed by atoms with Crippen LogP contribution in [-0.2, 0) is 17.8 Å². The predicted octanol–water partition coefficient (Wildman–Crippen LogP) is 2.66. The molecular formula is C18H23N3O3. The van der Waals surface area contributed by atoms with Crippen molar-refractivity contribution in [3.05, 3.63) is 41.6 Å². The van der Waals surface area contributed by atoms with Gasteiger partial charge >= 0.3 is 0 Å². The number of furan rings is 1. The van der Waals surface area contributed by atoms with Crippen LogP contribution in [0.4, 0.5) is 0 Å². The molecule has 0 spiro atoms. The first-order valence-electron chi connectivity index (χ1n) is 8.71. The Morgan fingerprint density at radius 1 is 1.42 bits per heavy atom. The number of carbonyl (C=O) groups is 1. The third kappa shape index (κ3) is 3.11. The average Bonchev–Trinajstić information content (AvgIpc) is 3.11. The van der Waals surface area contributed by atoms with Crippen LogP contribution < -0.4 is 0 Å². The van der Waals surface area contributed by atoms with E-state index in [0.29, 0.717) is 25.5 Å². The quantitative estimate of drug-likeness (QED) is 0.817. The van der Waals surface area contributed by atoms with Crippen LogP contribution in [0.2, 0.25) is 0 Å². The van der Waals surface area contributed by atoms with E-state index in [9.17, 15) is 4.79 Å². The predicted molar refractivity (Wildman–Crippen MR) is 87.6 cm³/mol. The summed E-state index contributed by atoms with van der Waals surface area (Å²) in [6.45, 7) is 5.55. The van der Waals surface area contributed by atoms with Gasteiger partial charge in [0.15, 0.2) is 5.76 Å². The summed E-state index contributed by atoms with van der Waals surface area (Å²) in [5.41, 5.74) is 2.19. The van der Waals surface area contributed by atoms with Crippen LogP contribution in [-0.4, -0.2) is 40.3 Å². The van der Waals surface area contributed by atoms with Gasteiger partial charge in [0, 0.05) is 37.4 Å². The Balaban J connectivity index is 1.52. The van der Waals surface area contributed by atoms with Gasteiger partial charge in [-0.3, -0.25) is 9.48 Å². The first kappa shape index (κ1) is 15.4. The number of nitrogens with zero attached hydrogens (tertiary/aromatic N) is 3. The minimum Gasteiger partial charge on any atom is -0.459 e. The van der Waals surface area contributed by atoms with E-state index in [2.05, 4.69) is 18.2 Å². The molecule has 2 aromatic heterocycles. The SMILES string of the molecule is CCn1cc2c(n1)CN(C(=O)c1ccco1)CC2COCC1CC1. The molecule has 2 aliphatic rings. The summed E-state index contributed by atoms with van der Waals surface area (Å²) in [4.78, 5) is 14.5. The maximum absolute atomic E-state index is 12.6. The second kappa shape index (κ2) is 6.43. The van der Waals surface area contributed by atoms with Crippen LogP contribution >= 0.6 is 0 Å². The molecule has 1 aliphatic carbocycles. The molecule has 1 amide bonds. The van der Waals surface area contributed by atoms with Crippen molar-refractivity contribution < 1.29 is 13.9 Å². The monoisotopic (exact) mass is 329 g/mol. The molecule has 128 valence electrons. The zero-order chi connectivity index (χ0) is 16.5. The maximum Gasteiger partial charge on any atom is 0.289 e. The lowest BCUT2D eigenvalue weighted by molar-refractivity contribution is 0.0599. The van der Waals surface area contributed by atoms with Gasteiger partial charge in [-0.15, -0.1) is 0 Å². The van der Waals surface area contributed by atoms with Crippen molar-refractivity contribution >= 4 is 5.91 Å². The molecule has 1 fully saturated rings. The molecule has 6 heteroatoms. The molecule has 1 unspecified atom stereocenters. The van der Waals surface area contributed by atoms with Crippen molar-refractivity contribution in [3.8, 4) is 0 Å². The average molecular weight is 329 g/mol. The zero-order valence-corrected chi connectivity index (χ0v) is 14.0. The smallest absolute Gasteiger partial charge is 0.289 e. The Morgan fingerprint density at radius 2 is 2.29 bits per heavy atom. The standard InChI is InChI=1S/C18H23N3O3/c1-2-21-9-15-14(12-23-11-13-5-6-13)8-20(10-16(15)19-21)18(22)17-4-3-7-24-17/h3-4,7,9,13-14H,2,5-6,8,10-12H2,1H3. The van der Waals surface area contributed by atoms with Gasteiger partial charge in [-0.1, -0.05) is 0 Å². The van der Waals surface area contributed by atoms with Crippen LogP contribution in [0.15, 0.2) is 29.0 Å². The summed E-state index contributed by atoms with van der Waals surface area (Å²) in [5, 5.41) is 4.63.